The van der Waals surface area contributed by atoms with Crippen molar-refractivity contribution < 1.29 is 9.84 Å². The first-order valence-electron chi connectivity index (χ1n) is 10.5. The zero-order valence-corrected chi connectivity index (χ0v) is 18.5. The average molecular weight is 423 g/mol. The molecule has 1 saturated carbocycles. The van der Waals surface area contributed by atoms with E-state index in [4.69, 9.17) is 27.7 Å². The second kappa shape index (κ2) is 9.97. The van der Waals surface area contributed by atoms with Crippen LogP contribution in [0.1, 0.15) is 31.5 Å². The Bertz CT molecular complexity index is 712. The molecule has 1 saturated heterocycles. The van der Waals surface area contributed by atoms with Crippen molar-refractivity contribution in [2.75, 3.05) is 56.6 Å². The second-order valence-corrected chi connectivity index (χ2v) is 8.69. The Morgan fingerprint density at radius 2 is 2.00 bits per heavy atom. The first kappa shape index (κ1) is 22.1. The fourth-order valence-corrected chi connectivity index (χ4v) is 4.60. The number of aliphatic hydroxyl groups excluding tert-OH is 1. The van der Waals surface area contributed by atoms with E-state index in [1.54, 1.807) is 0 Å². The van der Waals surface area contributed by atoms with E-state index >= 15 is 0 Å². The van der Waals surface area contributed by atoms with Gasteiger partial charge < -0.3 is 26.2 Å². The van der Waals surface area contributed by atoms with Crippen LogP contribution in [0.3, 0.4) is 0 Å². The highest BCUT2D eigenvalue weighted by Gasteiger charge is 2.38. The highest BCUT2D eigenvalue weighted by atomic mass is 32.1. The van der Waals surface area contributed by atoms with Gasteiger partial charge in [-0.2, -0.15) is 4.98 Å². The summed E-state index contributed by atoms with van der Waals surface area (Å²) in [6.45, 7) is 11.7. The van der Waals surface area contributed by atoms with Crippen molar-refractivity contribution >= 4 is 29.0 Å². The maximum atomic E-state index is 9.66. The Kier molecular flexibility index (Phi) is 7.61. The Morgan fingerprint density at radius 1 is 1.28 bits per heavy atom. The zero-order chi connectivity index (χ0) is 21.0. The molecule has 1 aliphatic heterocycles. The molecule has 0 aromatic carbocycles. The fourth-order valence-electron chi connectivity index (χ4n) is 4.36. The number of aliphatic hydroxyl groups is 1. The maximum absolute atomic E-state index is 9.66. The highest BCUT2D eigenvalue weighted by molar-refractivity contribution is 7.80. The molecule has 4 atom stereocenters. The molecule has 29 heavy (non-hydrogen) atoms. The van der Waals surface area contributed by atoms with E-state index in [1.807, 2.05) is 6.92 Å². The van der Waals surface area contributed by atoms with Crippen molar-refractivity contribution in [3.05, 3.63) is 11.3 Å². The third kappa shape index (κ3) is 5.33. The van der Waals surface area contributed by atoms with Crippen molar-refractivity contribution in [2.45, 2.75) is 33.2 Å². The van der Waals surface area contributed by atoms with Gasteiger partial charge in [0.25, 0.3) is 0 Å². The van der Waals surface area contributed by atoms with E-state index < -0.39 is 0 Å². The fraction of sp³-hybridized carbons (Fsp3) is 0.750. The van der Waals surface area contributed by atoms with Crippen LogP contribution in [-0.4, -0.2) is 77.0 Å². The molecule has 5 N–H and O–H groups in total. The number of ether oxygens (including phenoxy) is 1. The lowest BCUT2D eigenvalue weighted by molar-refractivity contribution is 0.0398. The van der Waals surface area contributed by atoms with Gasteiger partial charge in [0, 0.05) is 38.8 Å². The van der Waals surface area contributed by atoms with Crippen LogP contribution in [0.5, 0.6) is 0 Å². The molecule has 9 heteroatoms. The number of anilines is 2. The van der Waals surface area contributed by atoms with Gasteiger partial charge in [-0.15, -0.1) is 0 Å². The molecule has 1 aliphatic carbocycles. The third-order valence-corrected chi connectivity index (χ3v) is 6.68. The Hall–Kier alpha value is -1.55. The number of thiocarbonyl (C=S) groups is 1. The van der Waals surface area contributed by atoms with Gasteiger partial charge >= 0.3 is 0 Å². The minimum absolute atomic E-state index is 0.211. The molecule has 4 unspecified atom stereocenters. The molecule has 1 aromatic rings. The van der Waals surface area contributed by atoms with Crippen molar-refractivity contribution in [3.63, 3.8) is 0 Å². The maximum Gasteiger partial charge on any atom is 0.224 e. The van der Waals surface area contributed by atoms with Crippen molar-refractivity contribution in [2.24, 2.45) is 23.5 Å². The molecule has 3 rings (SSSR count). The predicted molar refractivity (Wildman–Crippen MR) is 119 cm³/mol. The van der Waals surface area contributed by atoms with Gasteiger partial charge in [0.15, 0.2) is 0 Å². The second-order valence-electron chi connectivity index (χ2n) is 8.25. The average Bonchev–Trinajstić information content (AvgIpc) is 2.96. The van der Waals surface area contributed by atoms with E-state index in [0.29, 0.717) is 40.1 Å². The standard InChI is InChI=1S/C20H34N6O2S/c1-12-13(2)16(10-15(12)11-27)24-19-17(18(21)29)14(3)23-20(25-19)22-4-5-26-6-8-28-9-7-26/h12-13,15-16,27H,4-11H2,1-3H3,(H2,21,29)(H2,22,23,24,25). The summed E-state index contributed by atoms with van der Waals surface area (Å²) in [5.41, 5.74) is 7.45. The minimum Gasteiger partial charge on any atom is -0.396 e. The summed E-state index contributed by atoms with van der Waals surface area (Å²) in [5.74, 6) is 2.42. The van der Waals surface area contributed by atoms with Gasteiger partial charge in [-0.05, 0) is 31.1 Å². The number of rotatable bonds is 8. The number of hydrogen-bond acceptors (Lipinski definition) is 8. The van der Waals surface area contributed by atoms with E-state index in [2.05, 4.69) is 34.4 Å². The molecule has 0 bridgehead atoms. The van der Waals surface area contributed by atoms with E-state index in [0.717, 1.165) is 51.5 Å². The lowest BCUT2D eigenvalue weighted by Crippen LogP contribution is -2.39. The lowest BCUT2D eigenvalue weighted by Gasteiger charge is -2.26. The largest absolute Gasteiger partial charge is 0.396 e. The van der Waals surface area contributed by atoms with E-state index in [-0.39, 0.29) is 12.6 Å². The first-order chi connectivity index (χ1) is 13.9. The minimum atomic E-state index is 0.211. The summed E-state index contributed by atoms with van der Waals surface area (Å²) in [4.78, 5) is 11.9. The summed E-state index contributed by atoms with van der Waals surface area (Å²) in [6.07, 6.45) is 0.901. The summed E-state index contributed by atoms with van der Waals surface area (Å²) in [7, 11) is 0. The Balaban J connectivity index is 1.71. The number of nitrogens with zero attached hydrogens (tertiary/aromatic N) is 3. The summed E-state index contributed by atoms with van der Waals surface area (Å²) >= 11 is 5.27. The number of aryl methyl sites for hydroxylation is 1. The van der Waals surface area contributed by atoms with Crippen LogP contribution < -0.4 is 16.4 Å². The molecule has 2 aliphatic rings. The van der Waals surface area contributed by atoms with Crippen LogP contribution in [0.15, 0.2) is 0 Å². The van der Waals surface area contributed by atoms with Gasteiger partial charge in [0.05, 0.1) is 24.5 Å². The topological polar surface area (TPSA) is 109 Å². The van der Waals surface area contributed by atoms with Crippen molar-refractivity contribution in [3.8, 4) is 0 Å². The van der Waals surface area contributed by atoms with Gasteiger partial charge in [0.2, 0.25) is 5.95 Å². The van der Waals surface area contributed by atoms with Gasteiger partial charge in [-0.25, -0.2) is 4.98 Å². The number of nitrogens with two attached hydrogens (primary N) is 1. The monoisotopic (exact) mass is 422 g/mol. The number of morpholine rings is 1. The quantitative estimate of drug-likeness (QED) is 0.460. The molecule has 0 spiro atoms. The van der Waals surface area contributed by atoms with Crippen LogP contribution in [0.25, 0.3) is 0 Å². The van der Waals surface area contributed by atoms with Crippen LogP contribution in [0.2, 0.25) is 0 Å². The summed E-state index contributed by atoms with van der Waals surface area (Å²) in [5, 5.41) is 16.6. The van der Waals surface area contributed by atoms with Gasteiger partial charge in [-0.3, -0.25) is 4.90 Å². The molecule has 8 nitrogen and oxygen atoms in total. The molecule has 1 aromatic heterocycles. The molecule has 162 valence electrons. The lowest BCUT2D eigenvalue weighted by atomic mass is 9.92. The molecule has 2 fully saturated rings. The summed E-state index contributed by atoms with van der Waals surface area (Å²) < 4.78 is 5.39. The predicted octanol–water partition coefficient (Wildman–Crippen LogP) is 1.23. The van der Waals surface area contributed by atoms with Crippen molar-refractivity contribution in [1.82, 2.24) is 14.9 Å². The van der Waals surface area contributed by atoms with Crippen LogP contribution in [-0.2, 0) is 4.74 Å². The van der Waals surface area contributed by atoms with E-state index in [9.17, 15) is 5.11 Å². The van der Waals surface area contributed by atoms with Gasteiger partial charge in [-0.1, -0.05) is 26.1 Å². The molecule has 0 amide bonds. The third-order valence-electron chi connectivity index (χ3n) is 6.47. The van der Waals surface area contributed by atoms with Gasteiger partial charge in [0.1, 0.15) is 10.8 Å². The van der Waals surface area contributed by atoms with Crippen molar-refractivity contribution in [1.29, 1.82) is 0 Å². The Morgan fingerprint density at radius 3 is 2.62 bits per heavy atom. The molecular weight excluding hydrogens is 388 g/mol. The number of nitrogens with one attached hydrogen (secondary N) is 2. The molecular formula is C20H34N6O2S. The van der Waals surface area contributed by atoms with Crippen LogP contribution in [0, 0.1) is 24.7 Å². The van der Waals surface area contributed by atoms with Crippen LogP contribution >= 0.6 is 12.2 Å². The zero-order valence-electron chi connectivity index (χ0n) is 17.6. The number of aromatic nitrogens is 2. The molecule has 2 heterocycles. The summed E-state index contributed by atoms with van der Waals surface area (Å²) in [6, 6.07) is 0.214. The smallest absolute Gasteiger partial charge is 0.224 e. The van der Waals surface area contributed by atoms with E-state index in [1.165, 1.54) is 0 Å². The number of hydrogen-bond donors (Lipinski definition) is 4. The SMILES string of the molecule is Cc1nc(NCCN2CCOCC2)nc(NC2CC(CO)C(C)C2C)c1C(N)=S. The first-order valence-corrected chi connectivity index (χ1v) is 10.9. The Labute approximate surface area is 178 Å². The van der Waals surface area contributed by atoms with Crippen LogP contribution in [0.4, 0.5) is 11.8 Å². The highest BCUT2D eigenvalue weighted by Crippen LogP contribution is 2.38. The normalized spacial score (nSPS) is 27.7. The molecule has 0 radical (unpaired) electrons.